The number of phenols is 2. The summed E-state index contributed by atoms with van der Waals surface area (Å²) in [5, 5.41) is 26.7. The zero-order valence-corrected chi connectivity index (χ0v) is 26.4. The van der Waals surface area contributed by atoms with Crippen molar-refractivity contribution >= 4 is 46.4 Å². The SMILES string of the molecule is O=C(NC1CCCC1)c1cccc(C(c2cc(-c3ccc(Cl)cc3O)ccc2O)N2CCN(c3cccc(Cl)c3Cl)CC2)c1. The highest BCUT2D eigenvalue weighted by Crippen LogP contribution is 2.41. The standard InChI is InChI=1S/C35H34Cl3N3O3/c36-25-12-13-27(32(43)21-25)22-11-14-31(42)28(20-22)34(23-5-3-6-24(19-23)35(44)39-26-7-1-2-8-26)41-17-15-40(16-18-41)30-10-4-9-29(37)33(30)38/h3-6,9-14,19-21,26,34,42-43H,1-2,7-8,15-18H2,(H,39,44). The fourth-order valence-corrected chi connectivity index (χ4v) is 7.00. The van der Waals surface area contributed by atoms with E-state index in [0.717, 1.165) is 42.5 Å². The van der Waals surface area contributed by atoms with Gasteiger partial charge in [-0.25, -0.2) is 0 Å². The van der Waals surface area contributed by atoms with E-state index in [-0.39, 0.29) is 29.5 Å². The predicted octanol–water partition coefficient (Wildman–Crippen LogP) is 8.31. The van der Waals surface area contributed by atoms with Crippen LogP contribution >= 0.6 is 34.8 Å². The molecule has 6 nitrogen and oxygen atoms in total. The van der Waals surface area contributed by atoms with Crippen LogP contribution in [0.5, 0.6) is 11.5 Å². The lowest BCUT2D eigenvalue weighted by atomic mass is 9.91. The number of hydrogen-bond donors (Lipinski definition) is 3. The summed E-state index contributed by atoms with van der Waals surface area (Å²) in [7, 11) is 0. The molecule has 2 fully saturated rings. The Bertz CT molecular complexity index is 1670. The van der Waals surface area contributed by atoms with Gasteiger partial charge in [-0.05, 0) is 78.6 Å². The molecular formula is C35H34Cl3N3O3. The summed E-state index contributed by atoms with van der Waals surface area (Å²) in [6.45, 7) is 2.72. The summed E-state index contributed by atoms with van der Waals surface area (Å²) in [6.07, 6.45) is 4.29. The van der Waals surface area contributed by atoms with Crippen LogP contribution in [0.4, 0.5) is 5.69 Å². The van der Waals surface area contributed by atoms with Gasteiger partial charge in [-0.2, -0.15) is 0 Å². The fourth-order valence-electron chi connectivity index (χ4n) is 6.42. The first kappa shape index (κ1) is 30.6. The fraction of sp³-hybridized carbons (Fsp3) is 0.286. The van der Waals surface area contributed by atoms with Crippen LogP contribution < -0.4 is 10.2 Å². The van der Waals surface area contributed by atoms with Gasteiger partial charge < -0.3 is 20.4 Å². The van der Waals surface area contributed by atoms with Crippen molar-refractivity contribution in [1.82, 2.24) is 10.2 Å². The first-order valence-electron chi connectivity index (χ1n) is 14.9. The molecule has 228 valence electrons. The van der Waals surface area contributed by atoms with Crippen molar-refractivity contribution < 1.29 is 15.0 Å². The first-order valence-corrected chi connectivity index (χ1v) is 16.1. The van der Waals surface area contributed by atoms with Gasteiger partial charge in [-0.3, -0.25) is 9.69 Å². The number of piperazine rings is 1. The van der Waals surface area contributed by atoms with Crippen molar-refractivity contribution in [1.29, 1.82) is 0 Å². The van der Waals surface area contributed by atoms with Crippen molar-refractivity contribution in [2.24, 2.45) is 0 Å². The van der Waals surface area contributed by atoms with E-state index in [2.05, 4.69) is 15.1 Å². The van der Waals surface area contributed by atoms with Gasteiger partial charge in [-0.15, -0.1) is 0 Å². The number of nitrogens with one attached hydrogen (secondary N) is 1. The maximum absolute atomic E-state index is 13.3. The molecule has 1 saturated carbocycles. The molecule has 44 heavy (non-hydrogen) atoms. The maximum Gasteiger partial charge on any atom is 0.251 e. The van der Waals surface area contributed by atoms with Gasteiger partial charge in [0.15, 0.2) is 0 Å². The van der Waals surface area contributed by atoms with Crippen LogP contribution in [0.1, 0.15) is 53.2 Å². The minimum absolute atomic E-state index is 0.0586. The van der Waals surface area contributed by atoms with E-state index >= 15 is 0 Å². The molecule has 6 rings (SSSR count). The lowest BCUT2D eigenvalue weighted by Crippen LogP contribution is -2.48. The average molecular weight is 651 g/mol. The molecule has 0 aromatic heterocycles. The smallest absolute Gasteiger partial charge is 0.251 e. The summed E-state index contributed by atoms with van der Waals surface area (Å²) in [5.74, 6) is 0.110. The Balaban J connectivity index is 1.36. The lowest BCUT2D eigenvalue weighted by molar-refractivity contribution is 0.0937. The molecule has 4 aromatic carbocycles. The van der Waals surface area contributed by atoms with Crippen LogP contribution in [-0.4, -0.2) is 53.2 Å². The van der Waals surface area contributed by atoms with Crippen molar-refractivity contribution in [3.05, 3.63) is 111 Å². The number of halogens is 3. The number of benzene rings is 4. The Morgan fingerprint density at radius 1 is 0.818 bits per heavy atom. The number of phenolic OH excluding ortho intramolecular Hbond substituents is 2. The van der Waals surface area contributed by atoms with Crippen molar-refractivity contribution in [3.8, 4) is 22.6 Å². The number of aromatic hydroxyl groups is 2. The molecule has 4 aromatic rings. The van der Waals surface area contributed by atoms with E-state index in [9.17, 15) is 15.0 Å². The van der Waals surface area contributed by atoms with Gasteiger partial charge in [-0.1, -0.05) is 71.9 Å². The van der Waals surface area contributed by atoms with E-state index in [1.165, 1.54) is 6.07 Å². The molecule has 1 aliphatic heterocycles. The van der Waals surface area contributed by atoms with Gasteiger partial charge in [0.25, 0.3) is 5.91 Å². The largest absolute Gasteiger partial charge is 0.508 e. The topological polar surface area (TPSA) is 76.0 Å². The van der Waals surface area contributed by atoms with Gasteiger partial charge in [0, 0.05) is 53.9 Å². The second-order valence-electron chi connectivity index (χ2n) is 11.5. The van der Waals surface area contributed by atoms with E-state index in [1.54, 1.807) is 30.3 Å². The Morgan fingerprint density at radius 2 is 1.57 bits per heavy atom. The highest BCUT2D eigenvalue weighted by Gasteiger charge is 2.30. The zero-order chi connectivity index (χ0) is 30.8. The van der Waals surface area contributed by atoms with Crippen molar-refractivity contribution in [3.63, 3.8) is 0 Å². The lowest BCUT2D eigenvalue weighted by Gasteiger charge is -2.41. The Kier molecular flexibility index (Phi) is 9.24. The minimum Gasteiger partial charge on any atom is -0.508 e. The summed E-state index contributed by atoms with van der Waals surface area (Å²) < 4.78 is 0. The van der Waals surface area contributed by atoms with Crippen LogP contribution in [0, 0.1) is 0 Å². The third-order valence-electron chi connectivity index (χ3n) is 8.70. The number of anilines is 1. The minimum atomic E-state index is -0.361. The summed E-state index contributed by atoms with van der Waals surface area (Å²) >= 11 is 19.0. The monoisotopic (exact) mass is 649 g/mol. The molecule has 1 amide bonds. The quantitative estimate of drug-likeness (QED) is 0.188. The van der Waals surface area contributed by atoms with E-state index in [4.69, 9.17) is 34.8 Å². The predicted molar refractivity (Wildman–Crippen MR) is 178 cm³/mol. The number of rotatable bonds is 7. The van der Waals surface area contributed by atoms with Gasteiger partial charge in [0.2, 0.25) is 0 Å². The maximum atomic E-state index is 13.3. The Hall–Kier alpha value is -3.42. The molecule has 1 unspecified atom stereocenters. The van der Waals surface area contributed by atoms with Crippen LogP contribution in [-0.2, 0) is 0 Å². The van der Waals surface area contributed by atoms with Crippen LogP contribution in [0.15, 0.2) is 78.9 Å². The van der Waals surface area contributed by atoms with Gasteiger partial charge in [0.1, 0.15) is 11.5 Å². The Morgan fingerprint density at radius 3 is 2.32 bits per heavy atom. The molecule has 9 heteroatoms. The third-order valence-corrected chi connectivity index (χ3v) is 9.74. The van der Waals surface area contributed by atoms with Gasteiger partial charge in [0.05, 0.1) is 21.8 Å². The molecule has 0 radical (unpaired) electrons. The zero-order valence-electron chi connectivity index (χ0n) is 24.1. The first-order chi connectivity index (χ1) is 21.3. The van der Waals surface area contributed by atoms with Gasteiger partial charge >= 0.3 is 0 Å². The molecule has 3 N–H and O–H groups in total. The number of amides is 1. The summed E-state index contributed by atoms with van der Waals surface area (Å²) in [4.78, 5) is 17.8. The van der Waals surface area contributed by atoms with E-state index < -0.39 is 0 Å². The Labute approximate surface area is 272 Å². The number of carbonyl (C=O) groups is 1. The van der Waals surface area contributed by atoms with Crippen LogP contribution in [0.25, 0.3) is 11.1 Å². The molecule has 2 aliphatic rings. The molecule has 1 heterocycles. The molecule has 1 saturated heterocycles. The second kappa shape index (κ2) is 13.3. The van der Waals surface area contributed by atoms with E-state index in [1.807, 2.05) is 42.5 Å². The molecule has 1 aliphatic carbocycles. The van der Waals surface area contributed by atoms with Crippen molar-refractivity contribution in [2.45, 2.75) is 37.8 Å². The van der Waals surface area contributed by atoms with Crippen LogP contribution in [0.2, 0.25) is 15.1 Å². The molecule has 0 bridgehead atoms. The highest BCUT2D eigenvalue weighted by atomic mass is 35.5. The second-order valence-corrected chi connectivity index (χ2v) is 12.7. The molecular weight excluding hydrogens is 617 g/mol. The number of nitrogens with zero attached hydrogens (tertiary/aromatic N) is 2. The number of hydrogen-bond acceptors (Lipinski definition) is 5. The normalized spacial score (nSPS) is 16.7. The highest BCUT2D eigenvalue weighted by molar-refractivity contribution is 6.43. The van der Waals surface area contributed by atoms with Crippen molar-refractivity contribution in [2.75, 3.05) is 31.1 Å². The third kappa shape index (κ3) is 6.50. The molecule has 0 spiro atoms. The van der Waals surface area contributed by atoms with E-state index in [0.29, 0.717) is 57.9 Å². The average Bonchev–Trinajstić information content (AvgIpc) is 3.53. The summed E-state index contributed by atoms with van der Waals surface area (Å²) in [6, 6.07) is 23.5. The summed E-state index contributed by atoms with van der Waals surface area (Å²) in [5.41, 5.74) is 4.42. The van der Waals surface area contributed by atoms with Crippen LogP contribution in [0.3, 0.4) is 0 Å². The molecule has 1 atom stereocenters. The number of carbonyl (C=O) groups excluding carboxylic acids is 1.